The molecule has 1 N–H and O–H groups in total. The van der Waals surface area contributed by atoms with Gasteiger partial charge in [-0.25, -0.2) is 8.78 Å². The van der Waals surface area contributed by atoms with Crippen molar-refractivity contribution in [1.82, 2.24) is 5.32 Å². The number of terminal acetylenes is 1. The number of hydrogen-bond acceptors (Lipinski definition) is 2. The molecule has 0 saturated heterocycles. The zero-order chi connectivity index (χ0) is 10.9. The number of carbonyl (C=O) groups is 1. The monoisotopic (exact) mass is 191 g/mol. The molecule has 2 nitrogen and oxygen atoms in total. The summed E-state index contributed by atoms with van der Waals surface area (Å²) in [6.07, 6.45) is 1.78. The van der Waals surface area contributed by atoms with E-state index in [1.807, 2.05) is 0 Å². The zero-order valence-corrected chi connectivity index (χ0v) is 8.10. The van der Waals surface area contributed by atoms with Crippen molar-refractivity contribution in [3.05, 3.63) is 0 Å². The second-order valence-corrected chi connectivity index (χ2v) is 2.37. The molecular weight excluding hydrogens is 176 g/mol. The lowest BCUT2D eigenvalue weighted by Crippen LogP contribution is -2.33. The summed E-state index contributed by atoms with van der Waals surface area (Å²) in [5.74, 6) is 2.00. The van der Waals surface area contributed by atoms with Gasteiger partial charge in [-0.1, -0.05) is 0 Å². The molecule has 0 aromatic heterocycles. The maximum atomic E-state index is 11.6. The Kier molecular flexibility index (Phi) is 10.2. The predicted molar refractivity (Wildman–Crippen MR) is 48.7 cm³/mol. The first-order valence-electron chi connectivity index (χ1n) is 3.82. The van der Waals surface area contributed by atoms with Crippen LogP contribution in [0.4, 0.5) is 8.78 Å². The fourth-order valence-electron chi connectivity index (χ4n) is 0.665. The molecule has 76 valence electrons. The molecule has 0 aromatic rings. The summed E-state index contributed by atoms with van der Waals surface area (Å²) in [5.41, 5.74) is 0. The smallest absolute Gasteiger partial charge is 0.240 e. The standard InChI is InChI=1S/C6H11F2NO.C3H4/c1-4(10)5(9-2)3-6(7)8;1-3-2/h5-6,9H,3H2,1-2H3;1H,2H3. The third kappa shape index (κ3) is 11.0. The molecule has 0 bridgehead atoms. The fourth-order valence-corrected chi connectivity index (χ4v) is 0.665. The van der Waals surface area contributed by atoms with Crippen molar-refractivity contribution in [1.29, 1.82) is 0 Å². The van der Waals surface area contributed by atoms with Crippen molar-refractivity contribution in [2.45, 2.75) is 32.7 Å². The first-order chi connectivity index (χ1) is 5.99. The van der Waals surface area contributed by atoms with Gasteiger partial charge in [0, 0.05) is 6.42 Å². The Morgan fingerprint density at radius 3 is 2.08 bits per heavy atom. The van der Waals surface area contributed by atoms with Gasteiger partial charge in [0.2, 0.25) is 6.43 Å². The van der Waals surface area contributed by atoms with Crippen LogP contribution in [0.3, 0.4) is 0 Å². The predicted octanol–water partition coefficient (Wildman–Crippen LogP) is 1.46. The molecule has 0 radical (unpaired) electrons. The fraction of sp³-hybridized carbons (Fsp3) is 0.667. The molecule has 0 rings (SSSR count). The highest BCUT2D eigenvalue weighted by atomic mass is 19.3. The maximum absolute atomic E-state index is 11.6. The largest absolute Gasteiger partial charge is 0.310 e. The number of Topliss-reactive ketones (excluding diaryl/α,β-unsaturated/α-hetero) is 1. The number of carbonyl (C=O) groups excluding carboxylic acids is 1. The molecule has 0 saturated carbocycles. The lowest BCUT2D eigenvalue weighted by atomic mass is 10.1. The second kappa shape index (κ2) is 9.14. The third-order valence-corrected chi connectivity index (χ3v) is 1.25. The molecule has 1 atom stereocenters. The van der Waals surface area contributed by atoms with E-state index in [9.17, 15) is 13.6 Å². The minimum absolute atomic E-state index is 0.247. The van der Waals surface area contributed by atoms with Crippen LogP contribution in [-0.2, 0) is 4.79 Å². The Morgan fingerprint density at radius 2 is 2.00 bits per heavy atom. The molecule has 0 spiro atoms. The van der Waals surface area contributed by atoms with E-state index in [1.165, 1.54) is 14.0 Å². The van der Waals surface area contributed by atoms with E-state index in [-0.39, 0.29) is 5.78 Å². The van der Waals surface area contributed by atoms with Gasteiger partial charge in [0.05, 0.1) is 6.04 Å². The summed E-state index contributed by atoms with van der Waals surface area (Å²) in [7, 11) is 1.49. The van der Waals surface area contributed by atoms with Crippen molar-refractivity contribution in [2.24, 2.45) is 0 Å². The summed E-state index contributed by atoms with van der Waals surface area (Å²) in [6.45, 7) is 2.95. The highest BCUT2D eigenvalue weighted by Gasteiger charge is 2.16. The average molecular weight is 191 g/mol. The first kappa shape index (κ1) is 14.6. The van der Waals surface area contributed by atoms with E-state index in [0.29, 0.717) is 0 Å². The van der Waals surface area contributed by atoms with Gasteiger partial charge in [-0.2, -0.15) is 0 Å². The summed E-state index contributed by atoms with van der Waals surface area (Å²) in [4.78, 5) is 10.5. The number of nitrogens with one attached hydrogen (secondary N) is 1. The van der Waals surface area contributed by atoms with Crippen molar-refractivity contribution < 1.29 is 13.6 Å². The van der Waals surface area contributed by atoms with Gasteiger partial charge in [-0.3, -0.25) is 4.79 Å². The summed E-state index contributed by atoms with van der Waals surface area (Å²) in [6, 6.07) is -0.694. The topological polar surface area (TPSA) is 29.1 Å². The number of hydrogen-bond donors (Lipinski definition) is 1. The molecule has 0 amide bonds. The lowest BCUT2D eigenvalue weighted by Gasteiger charge is -2.10. The summed E-state index contributed by atoms with van der Waals surface area (Å²) >= 11 is 0. The van der Waals surface area contributed by atoms with Crippen molar-refractivity contribution in [3.63, 3.8) is 0 Å². The van der Waals surface area contributed by atoms with Gasteiger partial charge in [-0.15, -0.1) is 12.3 Å². The summed E-state index contributed by atoms with van der Waals surface area (Å²) < 4.78 is 23.3. The van der Waals surface area contributed by atoms with Crippen LogP contribution >= 0.6 is 0 Å². The zero-order valence-electron chi connectivity index (χ0n) is 8.10. The lowest BCUT2D eigenvalue weighted by molar-refractivity contribution is -0.119. The van der Waals surface area contributed by atoms with Gasteiger partial charge in [-0.05, 0) is 20.9 Å². The average Bonchev–Trinajstić information content (AvgIpc) is 2.00. The van der Waals surface area contributed by atoms with E-state index >= 15 is 0 Å². The minimum Gasteiger partial charge on any atom is -0.310 e. The highest BCUT2D eigenvalue weighted by Crippen LogP contribution is 2.03. The third-order valence-electron chi connectivity index (χ3n) is 1.25. The van der Waals surface area contributed by atoms with Crippen LogP contribution in [0.2, 0.25) is 0 Å². The molecule has 13 heavy (non-hydrogen) atoms. The SMILES string of the molecule is C#CC.CNC(CC(F)F)C(C)=O. The number of likely N-dealkylation sites (N-methyl/N-ethyl adjacent to an activating group) is 1. The second-order valence-electron chi connectivity index (χ2n) is 2.37. The van der Waals surface area contributed by atoms with Crippen molar-refractivity contribution in [3.8, 4) is 12.3 Å². The first-order valence-corrected chi connectivity index (χ1v) is 3.82. The minimum atomic E-state index is -2.42. The Hall–Kier alpha value is -0.950. The van der Waals surface area contributed by atoms with Crippen molar-refractivity contribution in [2.75, 3.05) is 7.05 Å². The number of halogens is 2. The van der Waals surface area contributed by atoms with Gasteiger partial charge >= 0.3 is 0 Å². The quantitative estimate of drug-likeness (QED) is 0.681. The number of rotatable bonds is 4. The summed E-state index contributed by atoms with van der Waals surface area (Å²) in [5, 5.41) is 2.50. The van der Waals surface area contributed by atoms with Gasteiger partial charge in [0.25, 0.3) is 0 Å². The molecule has 1 unspecified atom stereocenters. The Balaban J connectivity index is 0. The van der Waals surface area contributed by atoms with E-state index in [2.05, 4.69) is 17.7 Å². The van der Waals surface area contributed by atoms with Gasteiger partial charge in [0.15, 0.2) is 0 Å². The normalized spacial score (nSPS) is 11.2. The molecule has 0 aliphatic rings. The molecule has 0 heterocycles. The highest BCUT2D eigenvalue weighted by molar-refractivity contribution is 5.81. The van der Waals surface area contributed by atoms with Crippen LogP contribution < -0.4 is 5.32 Å². The van der Waals surface area contributed by atoms with Crippen molar-refractivity contribution >= 4 is 5.78 Å². The molecule has 0 aromatic carbocycles. The van der Waals surface area contributed by atoms with E-state index in [1.54, 1.807) is 6.92 Å². The number of alkyl halides is 2. The molecule has 0 fully saturated rings. The van der Waals surface area contributed by atoms with E-state index in [0.717, 1.165) is 0 Å². The van der Waals surface area contributed by atoms with Crippen LogP contribution in [-0.4, -0.2) is 25.3 Å². The Labute approximate surface area is 77.7 Å². The van der Waals surface area contributed by atoms with Gasteiger partial charge in [0.1, 0.15) is 5.78 Å². The Bertz CT molecular complexity index is 175. The molecule has 4 heteroatoms. The molecular formula is C9H15F2NO. The van der Waals surface area contributed by atoms with Gasteiger partial charge < -0.3 is 5.32 Å². The van der Waals surface area contributed by atoms with Crippen LogP contribution in [0.5, 0.6) is 0 Å². The molecule has 0 aliphatic heterocycles. The van der Waals surface area contributed by atoms with Crippen LogP contribution in [0.1, 0.15) is 20.3 Å². The van der Waals surface area contributed by atoms with Crippen LogP contribution in [0.25, 0.3) is 0 Å². The van der Waals surface area contributed by atoms with Crippen LogP contribution in [0, 0.1) is 12.3 Å². The number of ketones is 1. The maximum Gasteiger partial charge on any atom is 0.240 e. The van der Waals surface area contributed by atoms with E-state index < -0.39 is 18.9 Å². The van der Waals surface area contributed by atoms with E-state index in [4.69, 9.17) is 0 Å². The van der Waals surface area contributed by atoms with Crippen LogP contribution in [0.15, 0.2) is 0 Å². The molecule has 0 aliphatic carbocycles. The Morgan fingerprint density at radius 1 is 1.62 bits per heavy atom.